The molecule has 2 amide bonds. The third-order valence-corrected chi connectivity index (χ3v) is 3.86. The zero-order valence-electron chi connectivity index (χ0n) is 12.2. The second kappa shape index (κ2) is 5.64. The molecule has 1 aliphatic rings. The van der Waals surface area contributed by atoms with Crippen molar-refractivity contribution >= 4 is 23.4 Å². The van der Waals surface area contributed by atoms with Crippen LogP contribution in [-0.2, 0) is 16.1 Å². The highest BCUT2D eigenvalue weighted by Gasteiger charge is 2.42. The number of nitrogens with zero attached hydrogens (tertiary/aromatic N) is 1. The zero-order chi connectivity index (χ0) is 15.8. The quantitative estimate of drug-likeness (QED) is 0.911. The highest BCUT2D eigenvalue weighted by molar-refractivity contribution is 6.31. The molecule has 1 fully saturated rings. The molecule has 0 aromatic heterocycles. The lowest BCUT2D eigenvalue weighted by Crippen LogP contribution is -2.62. The molecule has 0 radical (unpaired) electrons. The molecule has 2 rings (SSSR count). The molecule has 0 bridgehead atoms. The van der Waals surface area contributed by atoms with E-state index in [1.807, 2.05) is 20.8 Å². The number of nitrogens with one attached hydrogen (secondary N) is 1. The van der Waals surface area contributed by atoms with Crippen molar-refractivity contribution in [1.29, 1.82) is 0 Å². The van der Waals surface area contributed by atoms with Gasteiger partial charge >= 0.3 is 0 Å². The summed E-state index contributed by atoms with van der Waals surface area (Å²) in [6, 6.07) is 3.71. The van der Waals surface area contributed by atoms with E-state index >= 15 is 0 Å². The number of rotatable bonds is 2. The van der Waals surface area contributed by atoms with E-state index in [1.54, 1.807) is 6.07 Å². The number of carbonyl (C=O) groups excluding carboxylic acids is 2. The molecule has 1 N–H and O–H groups in total. The zero-order valence-corrected chi connectivity index (χ0v) is 13.0. The summed E-state index contributed by atoms with van der Waals surface area (Å²) in [5.41, 5.74) is -0.228. The van der Waals surface area contributed by atoms with Gasteiger partial charge in [-0.15, -0.1) is 0 Å². The number of benzene rings is 1. The van der Waals surface area contributed by atoms with Gasteiger partial charge in [0.25, 0.3) is 0 Å². The molecule has 1 aliphatic heterocycles. The van der Waals surface area contributed by atoms with Crippen LogP contribution in [-0.4, -0.2) is 29.3 Å². The van der Waals surface area contributed by atoms with Gasteiger partial charge in [-0.2, -0.15) is 0 Å². The van der Waals surface area contributed by atoms with Gasteiger partial charge in [0, 0.05) is 10.6 Å². The Hall–Kier alpha value is -1.62. The van der Waals surface area contributed by atoms with Crippen molar-refractivity contribution in [3.05, 3.63) is 34.6 Å². The molecular weight excluding hydrogens is 295 g/mol. The minimum atomic E-state index is -0.658. The highest BCUT2D eigenvalue weighted by atomic mass is 35.5. The van der Waals surface area contributed by atoms with E-state index in [9.17, 15) is 14.0 Å². The van der Waals surface area contributed by atoms with Crippen molar-refractivity contribution < 1.29 is 14.0 Å². The number of amides is 2. The van der Waals surface area contributed by atoms with Crippen molar-refractivity contribution in [1.82, 2.24) is 10.2 Å². The molecule has 21 heavy (non-hydrogen) atoms. The number of halogens is 2. The molecule has 1 atom stereocenters. The van der Waals surface area contributed by atoms with Crippen LogP contribution in [0.5, 0.6) is 0 Å². The van der Waals surface area contributed by atoms with Crippen molar-refractivity contribution in [3.63, 3.8) is 0 Å². The van der Waals surface area contributed by atoms with Crippen molar-refractivity contribution in [2.45, 2.75) is 33.4 Å². The average molecular weight is 313 g/mol. The van der Waals surface area contributed by atoms with E-state index in [4.69, 9.17) is 11.6 Å². The predicted octanol–water partition coefficient (Wildman–Crippen LogP) is 2.35. The van der Waals surface area contributed by atoms with Crippen molar-refractivity contribution in [2.24, 2.45) is 5.41 Å². The first-order valence-corrected chi connectivity index (χ1v) is 7.09. The lowest BCUT2D eigenvalue weighted by molar-refractivity contribution is -0.150. The third-order valence-electron chi connectivity index (χ3n) is 3.50. The molecule has 0 spiro atoms. The van der Waals surface area contributed by atoms with E-state index in [0.717, 1.165) is 0 Å². The van der Waals surface area contributed by atoms with Gasteiger partial charge < -0.3 is 10.2 Å². The summed E-state index contributed by atoms with van der Waals surface area (Å²) in [4.78, 5) is 25.7. The van der Waals surface area contributed by atoms with E-state index in [1.165, 1.54) is 17.0 Å². The topological polar surface area (TPSA) is 49.4 Å². The van der Waals surface area contributed by atoms with Gasteiger partial charge in [-0.1, -0.05) is 38.4 Å². The Labute approximate surface area is 128 Å². The Bertz CT molecular complexity index is 563. The van der Waals surface area contributed by atoms with E-state index in [0.29, 0.717) is 0 Å². The van der Waals surface area contributed by atoms with Crippen LogP contribution >= 0.6 is 11.6 Å². The maximum absolute atomic E-state index is 13.9. The smallest absolute Gasteiger partial charge is 0.243 e. The molecule has 6 heteroatoms. The Kier molecular flexibility index (Phi) is 4.23. The predicted molar refractivity (Wildman–Crippen MR) is 78.2 cm³/mol. The molecule has 114 valence electrons. The summed E-state index contributed by atoms with van der Waals surface area (Å²) in [5, 5.41) is 2.83. The Morgan fingerprint density at radius 3 is 2.62 bits per heavy atom. The number of piperazine rings is 1. The van der Waals surface area contributed by atoms with Crippen LogP contribution in [0, 0.1) is 11.2 Å². The lowest BCUT2D eigenvalue weighted by atomic mass is 9.83. The van der Waals surface area contributed by atoms with Crippen molar-refractivity contribution in [2.75, 3.05) is 6.54 Å². The minimum Gasteiger partial charge on any atom is -0.345 e. The fourth-order valence-electron chi connectivity index (χ4n) is 2.54. The third kappa shape index (κ3) is 3.18. The minimum absolute atomic E-state index is 0.0142. The summed E-state index contributed by atoms with van der Waals surface area (Å²) < 4.78 is 13.9. The summed E-state index contributed by atoms with van der Waals surface area (Å²) in [7, 11) is 0. The van der Waals surface area contributed by atoms with Gasteiger partial charge in [-0.05, 0) is 17.5 Å². The lowest BCUT2D eigenvalue weighted by Gasteiger charge is -2.42. The van der Waals surface area contributed by atoms with Gasteiger partial charge in [-0.3, -0.25) is 9.59 Å². The fraction of sp³-hybridized carbons (Fsp3) is 0.467. The second-order valence-corrected chi connectivity index (χ2v) is 6.62. The Balaban J connectivity index is 2.38. The molecule has 0 saturated carbocycles. The first kappa shape index (κ1) is 15.8. The first-order valence-electron chi connectivity index (χ1n) is 6.72. The molecule has 4 nitrogen and oxygen atoms in total. The molecule has 1 aromatic carbocycles. The molecule has 1 aromatic rings. The number of hydrogen-bond acceptors (Lipinski definition) is 2. The van der Waals surface area contributed by atoms with Gasteiger partial charge in [0.15, 0.2) is 0 Å². The Morgan fingerprint density at radius 1 is 1.38 bits per heavy atom. The SMILES string of the molecule is CC(C)(C)C1C(=O)NCC(=O)N1Cc1c(F)cccc1Cl. The van der Waals surface area contributed by atoms with Crippen LogP contribution < -0.4 is 5.32 Å². The van der Waals surface area contributed by atoms with Crippen LogP contribution in [0.4, 0.5) is 4.39 Å². The Morgan fingerprint density at radius 2 is 2.05 bits per heavy atom. The average Bonchev–Trinajstić information content (AvgIpc) is 2.36. The van der Waals surface area contributed by atoms with E-state index in [2.05, 4.69) is 5.32 Å². The van der Waals surface area contributed by atoms with Gasteiger partial charge in [0.1, 0.15) is 11.9 Å². The molecule has 0 aliphatic carbocycles. The molecular formula is C15H18ClFN2O2. The van der Waals surface area contributed by atoms with Crippen LogP contribution in [0.15, 0.2) is 18.2 Å². The normalized spacial score (nSPS) is 19.7. The summed E-state index contributed by atoms with van der Waals surface area (Å²) >= 11 is 6.02. The molecule has 1 unspecified atom stereocenters. The summed E-state index contributed by atoms with van der Waals surface area (Å²) in [6.07, 6.45) is 0. The highest BCUT2D eigenvalue weighted by Crippen LogP contribution is 2.30. The van der Waals surface area contributed by atoms with Gasteiger partial charge in [0.05, 0.1) is 13.1 Å². The summed E-state index contributed by atoms with van der Waals surface area (Å²) in [6.45, 7) is 5.51. The fourth-order valence-corrected chi connectivity index (χ4v) is 2.76. The maximum Gasteiger partial charge on any atom is 0.243 e. The number of hydrogen-bond donors (Lipinski definition) is 1. The summed E-state index contributed by atoms with van der Waals surface area (Å²) in [5.74, 6) is -0.947. The van der Waals surface area contributed by atoms with Crippen LogP contribution in [0.3, 0.4) is 0 Å². The van der Waals surface area contributed by atoms with Crippen LogP contribution in [0.25, 0.3) is 0 Å². The standard InChI is InChI=1S/C15H18ClFN2O2/c1-15(2,3)13-14(21)18-7-12(20)19(13)8-9-10(16)5-4-6-11(9)17/h4-6,13H,7-8H2,1-3H3,(H,18,21). The van der Waals surface area contributed by atoms with E-state index in [-0.39, 0.29) is 35.5 Å². The molecule has 1 saturated heterocycles. The first-order chi connectivity index (χ1) is 9.71. The van der Waals surface area contributed by atoms with E-state index < -0.39 is 17.3 Å². The largest absolute Gasteiger partial charge is 0.345 e. The number of carbonyl (C=O) groups is 2. The second-order valence-electron chi connectivity index (χ2n) is 6.21. The monoisotopic (exact) mass is 312 g/mol. The maximum atomic E-state index is 13.9. The van der Waals surface area contributed by atoms with Crippen LogP contribution in [0.2, 0.25) is 5.02 Å². The van der Waals surface area contributed by atoms with Gasteiger partial charge in [0.2, 0.25) is 11.8 Å². The molecule has 1 heterocycles. The van der Waals surface area contributed by atoms with Crippen LogP contribution in [0.1, 0.15) is 26.3 Å². The van der Waals surface area contributed by atoms with Crippen molar-refractivity contribution in [3.8, 4) is 0 Å². The van der Waals surface area contributed by atoms with Gasteiger partial charge in [-0.25, -0.2) is 4.39 Å².